The molecule has 1 amide bonds. The molecule has 1 aliphatic rings. The lowest BCUT2D eigenvalue weighted by atomic mass is 9.86. The Morgan fingerprint density at radius 1 is 1.28 bits per heavy atom. The van der Waals surface area contributed by atoms with Gasteiger partial charge in [-0.15, -0.1) is 11.3 Å². The number of aryl methyl sites for hydroxylation is 2. The number of thiophene rings is 1. The van der Waals surface area contributed by atoms with E-state index in [1.54, 1.807) is 17.7 Å². The molecule has 8 heteroatoms. The number of carbonyl (C=O) groups is 2. The Kier molecular flexibility index (Phi) is 5.58. The van der Waals surface area contributed by atoms with E-state index in [-0.39, 0.29) is 17.9 Å². The molecule has 0 spiro atoms. The molecule has 2 heterocycles. The maximum absolute atomic E-state index is 12.2. The van der Waals surface area contributed by atoms with Gasteiger partial charge >= 0.3 is 5.97 Å². The number of carbonyl (C=O) groups excluding carboxylic acids is 1. The van der Waals surface area contributed by atoms with E-state index in [2.05, 4.69) is 29.1 Å². The summed E-state index contributed by atoms with van der Waals surface area (Å²) < 4.78 is 0. The predicted molar refractivity (Wildman–Crippen MR) is 99.1 cm³/mol. The molecular formula is C17H21N3O3S2. The lowest BCUT2D eigenvalue weighted by Gasteiger charge is -2.26. The van der Waals surface area contributed by atoms with E-state index in [1.807, 2.05) is 0 Å². The van der Waals surface area contributed by atoms with E-state index in [0.29, 0.717) is 18.6 Å². The molecule has 0 unspecified atom stereocenters. The highest BCUT2D eigenvalue weighted by molar-refractivity contribution is 8.00. The minimum absolute atomic E-state index is 0.0276. The smallest absolute Gasteiger partial charge is 0.306 e. The zero-order valence-corrected chi connectivity index (χ0v) is 15.9. The van der Waals surface area contributed by atoms with Crippen LogP contribution in [0.4, 0.5) is 0 Å². The largest absolute Gasteiger partial charge is 0.481 e. The van der Waals surface area contributed by atoms with E-state index in [9.17, 15) is 9.59 Å². The fraction of sp³-hybridized carbons (Fsp3) is 0.529. The van der Waals surface area contributed by atoms with Gasteiger partial charge in [0, 0.05) is 16.3 Å². The van der Waals surface area contributed by atoms with Crippen molar-refractivity contribution in [2.24, 2.45) is 5.92 Å². The summed E-state index contributed by atoms with van der Waals surface area (Å²) >= 11 is 3.07. The van der Waals surface area contributed by atoms with Crippen LogP contribution < -0.4 is 5.32 Å². The number of aliphatic carboxylic acids is 1. The van der Waals surface area contributed by atoms with E-state index in [1.165, 1.54) is 22.2 Å². The van der Waals surface area contributed by atoms with Gasteiger partial charge in [-0.2, -0.15) is 0 Å². The molecule has 25 heavy (non-hydrogen) atoms. The topological polar surface area (TPSA) is 92.2 Å². The van der Waals surface area contributed by atoms with Crippen molar-refractivity contribution in [1.82, 2.24) is 15.3 Å². The second-order valence-corrected chi connectivity index (χ2v) is 8.55. The van der Waals surface area contributed by atoms with Crippen LogP contribution in [0.15, 0.2) is 11.4 Å². The molecule has 0 radical (unpaired) electrons. The predicted octanol–water partition coefficient (Wildman–Crippen LogP) is 3.16. The Hall–Kier alpha value is -1.67. The van der Waals surface area contributed by atoms with Crippen molar-refractivity contribution >= 4 is 45.2 Å². The second-order valence-electron chi connectivity index (χ2n) is 6.39. The van der Waals surface area contributed by atoms with Gasteiger partial charge in [0.05, 0.1) is 11.7 Å². The zero-order valence-electron chi connectivity index (χ0n) is 14.2. The fourth-order valence-electron chi connectivity index (χ4n) is 3.15. The van der Waals surface area contributed by atoms with Gasteiger partial charge in [0.2, 0.25) is 5.91 Å². The minimum Gasteiger partial charge on any atom is -0.481 e. The number of thioether (sulfide) groups is 1. The number of nitrogens with zero attached hydrogens (tertiary/aromatic N) is 2. The number of hydrogen-bond acceptors (Lipinski definition) is 6. The van der Waals surface area contributed by atoms with Crippen molar-refractivity contribution in [1.29, 1.82) is 0 Å². The first-order chi connectivity index (χ1) is 12.0. The van der Waals surface area contributed by atoms with Crippen molar-refractivity contribution < 1.29 is 14.7 Å². The van der Waals surface area contributed by atoms with Gasteiger partial charge in [-0.1, -0.05) is 11.8 Å². The van der Waals surface area contributed by atoms with Crippen LogP contribution in [0, 0.1) is 19.8 Å². The Morgan fingerprint density at radius 2 is 2.00 bits per heavy atom. The average molecular weight is 380 g/mol. The van der Waals surface area contributed by atoms with E-state index in [4.69, 9.17) is 5.11 Å². The summed E-state index contributed by atoms with van der Waals surface area (Å²) in [6.45, 7) is 4.12. The highest BCUT2D eigenvalue weighted by Crippen LogP contribution is 2.34. The Labute approximate surface area is 154 Å². The summed E-state index contributed by atoms with van der Waals surface area (Å²) in [5, 5.41) is 13.9. The molecule has 1 saturated carbocycles. The number of amides is 1. The lowest BCUT2D eigenvalue weighted by molar-refractivity contribution is -0.142. The number of rotatable bonds is 5. The SMILES string of the molecule is Cc1sc2ncnc(SCC(=O)NC3CCC(C(=O)O)CC3)c2c1C. The van der Waals surface area contributed by atoms with Gasteiger partial charge in [-0.3, -0.25) is 9.59 Å². The molecular weight excluding hydrogens is 358 g/mol. The van der Waals surface area contributed by atoms with Crippen molar-refractivity contribution in [2.75, 3.05) is 5.75 Å². The van der Waals surface area contributed by atoms with Crippen LogP contribution >= 0.6 is 23.1 Å². The number of fused-ring (bicyclic) bond motifs is 1. The molecule has 1 aliphatic carbocycles. The maximum atomic E-state index is 12.2. The normalized spacial score (nSPS) is 20.6. The third-order valence-electron chi connectivity index (χ3n) is 4.71. The Bertz CT molecular complexity index is 798. The number of aromatic nitrogens is 2. The first kappa shape index (κ1) is 18.1. The molecule has 1 fully saturated rings. The van der Waals surface area contributed by atoms with Crippen LogP contribution in [0.1, 0.15) is 36.1 Å². The molecule has 0 bridgehead atoms. The summed E-state index contributed by atoms with van der Waals surface area (Å²) in [6, 6.07) is 0.0826. The van der Waals surface area contributed by atoms with Crippen LogP contribution in [-0.2, 0) is 9.59 Å². The Balaban J connectivity index is 1.56. The third kappa shape index (κ3) is 4.12. The standard InChI is InChI=1S/C17H21N3O3S2/c1-9-10(2)25-16-14(9)15(18-8-19-16)24-7-13(21)20-12-5-3-11(4-6-12)17(22)23/h8,11-12H,3-7H2,1-2H3,(H,20,21)(H,22,23). The second kappa shape index (κ2) is 7.70. The van der Waals surface area contributed by atoms with Crippen LogP contribution in [0.2, 0.25) is 0 Å². The van der Waals surface area contributed by atoms with Gasteiger partial charge in [0.1, 0.15) is 16.2 Å². The minimum atomic E-state index is -0.727. The number of hydrogen-bond donors (Lipinski definition) is 2. The van der Waals surface area contributed by atoms with Gasteiger partial charge in [-0.05, 0) is 45.1 Å². The van der Waals surface area contributed by atoms with Crippen LogP contribution in [0.3, 0.4) is 0 Å². The fourth-order valence-corrected chi connectivity index (χ4v) is 5.08. The van der Waals surface area contributed by atoms with Crippen LogP contribution in [0.25, 0.3) is 10.2 Å². The molecule has 3 rings (SSSR count). The van der Waals surface area contributed by atoms with Gasteiger partial charge in [-0.25, -0.2) is 9.97 Å². The van der Waals surface area contributed by atoms with Gasteiger partial charge in [0.25, 0.3) is 0 Å². The molecule has 2 aromatic rings. The molecule has 0 saturated heterocycles. The average Bonchev–Trinajstić information content (AvgIpc) is 2.88. The number of nitrogens with one attached hydrogen (secondary N) is 1. The molecule has 0 atom stereocenters. The van der Waals surface area contributed by atoms with E-state index < -0.39 is 5.97 Å². The maximum Gasteiger partial charge on any atom is 0.306 e. The van der Waals surface area contributed by atoms with Crippen molar-refractivity contribution in [3.8, 4) is 0 Å². The van der Waals surface area contributed by atoms with Gasteiger partial charge < -0.3 is 10.4 Å². The molecule has 0 aromatic carbocycles. The Morgan fingerprint density at radius 3 is 2.68 bits per heavy atom. The number of carboxylic acids is 1. The van der Waals surface area contributed by atoms with Crippen LogP contribution in [0.5, 0.6) is 0 Å². The van der Waals surface area contributed by atoms with Gasteiger partial charge in [0.15, 0.2) is 0 Å². The van der Waals surface area contributed by atoms with Crippen molar-refractivity contribution in [3.05, 3.63) is 16.8 Å². The molecule has 134 valence electrons. The van der Waals surface area contributed by atoms with Crippen molar-refractivity contribution in [3.63, 3.8) is 0 Å². The first-order valence-corrected chi connectivity index (χ1v) is 10.1. The summed E-state index contributed by atoms with van der Waals surface area (Å²) in [6.07, 6.45) is 4.27. The summed E-state index contributed by atoms with van der Waals surface area (Å²) in [5.41, 5.74) is 1.18. The summed E-state index contributed by atoms with van der Waals surface area (Å²) in [4.78, 5) is 34.0. The van der Waals surface area contributed by atoms with E-state index >= 15 is 0 Å². The van der Waals surface area contributed by atoms with Crippen LogP contribution in [-0.4, -0.2) is 38.7 Å². The molecule has 2 N–H and O–H groups in total. The zero-order chi connectivity index (χ0) is 18.0. The molecule has 0 aliphatic heterocycles. The lowest BCUT2D eigenvalue weighted by Crippen LogP contribution is -2.39. The van der Waals surface area contributed by atoms with Crippen molar-refractivity contribution in [2.45, 2.75) is 50.6 Å². The monoisotopic (exact) mass is 379 g/mol. The quantitative estimate of drug-likeness (QED) is 0.612. The van der Waals surface area contributed by atoms with E-state index in [0.717, 1.165) is 28.1 Å². The highest BCUT2D eigenvalue weighted by Gasteiger charge is 2.26. The third-order valence-corrected chi connectivity index (χ3v) is 6.82. The first-order valence-electron chi connectivity index (χ1n) is 8.31. The summed E-state index contributed by atoms with van der Waals surface area (Å²) in [7, 11) is 0. The number of carboxylic acid groups (broad SMARTS) is 1. The summed E-state index contributed by atoms with van der Waals surface area (Å²) in [5.74, 6) is -0.712. The highest BCUT2D eigenvalue weighted by atomic mass is 32.2. The molecule has 2 aromatic heterocycles. The molecule has 6 nitrogen and oxygen atoms in total.